The molecule has 78 valence electrons. The van der Waals surface area contributed by atoms with E-state index in [2.05, 4.69) is 0 Å². The van der Waals surface area contributed by atoms with Crippen LogP contribution in [-0.4, -0.2) is 23.6 Å². The molecule has 0 aliphatic carbocycles. The molecule has 14 heavy (non-hydrogen) atoms. The topological polar surface area (TPSA) is 49.4 Å². The maximum atomic E-state index is 10.5. The molecule has 0 aliphatic rings. The molecule has 0 N–H and O–H groups in total. The second-order valence-electron chi connectivity index (χ2n) is 3.57. The fourth-order valence-electron chi connectivity index (χ4n) is 0.751. The zero-order chi connectivity index (χ0) is 10.5. The van der Waals surface area contributed by atoms with Crippen molar-refractivity contribution >= 4 is 17.6 Å². The number of hydrogen-bond donors (Lipinski definition) is 0. The number of carboxylic acid groups (broad SMARTS) is 1. The zero-order valence-corrected chi connectivity index (χ0v) is 12.1. The monoisotopic (exact) mass is 230 g/mol. The number of carboxylic acids is 1. The van der Waals surface area contributed by atoms with Gasteiger partial charge >= 0.3 is 29.6 Å². The van der Waals surface area contributed by atoms with Crippen LogP contribution in [0.4, 0.5) is 0 Å². The number of carbonyl (C=O) groups is 1. The van der Waals surface area contributed by atoms with Crippen LogP contribution in [-0.2, 0) is 9.53 Å². The average molecular weight is 231 g/mol. The SMILES string of the molecule is CC(Cl)CCCOC(C)(C)C(=O)[O-].[Na+]. The number of aliphatic carboxylic acids is 1. The Hall–Kier alpha value is 0.720. The predicted molar refractivity (Wildman–Crippen MR) is 49.6 cm³/mol. The summed E-state index contributed by atoms with van der Waals surface area (Å²) in [6.45, 7) is 5.25. The summed E-state index contributed by atoms with van der Waals surface area (Å²) in [4.78, 5) is 10.5. The maximum absolute atomic E-state index is 10.5. The van der Waals surface area contributed by atoms with E-state index in [0.717, 1.165) is 12.8 Å². The summed E-state index contributed by atoms with van der Waals surface area (Å²) in [5, 5.41) is 10.6. The molecule has 5 heteroatoms. The van der Waals surface area contributed by atoms with Crippen LogP contribution in [0.15, 0.2) is 0 Å². The van der Waals surface area contributed by atoms with Crippen LogP contribution in [0.5, 0.6) is 0 Å². The van der Waals surface area contributed by atoms with Crippen LogP contribution in [0.3, 0.4) is 0 Å². The van der Waals surface area contributed by atoms with E-state index in [1.165, 1.54) is 13.8 Å². The summed E-state index contributed by atoms with van der Waals surface area (Å²) in [5.41, 5.74) is -1.20. The van der Waals surface area contributed by atoms with Gasteiger partial charge in [0.15, 0.2) is 0 Å². The van der Waals surface area contributed by atoms with E-state index in [1.807, 2.05) is 6.92 Å². The summed E-state index contributed by atoms with van der Waals surface area (Å²) < 4.78 is 5.12. The minimum absolute atomic E-state index is 0. The standard InChI is InChI=1S/C9H17ClO3.Na/c1-7(10)5-4-6-13-9(2,3)8(11)12;/h7H,4-6H2,1-3H3,(H,11,12);/q;+1/p-1. The van der Waals surface area contributed by atoms with Crippen LogP contribution >= 0.6 is 11.6 Å². The molecule has 0 aromatic heterocycles. The van der Waals surface area contributed by atoms with Gasteiger partial charge < -0.3 is 14.6 Å². The number of halogens is 1. The molecule has 0 spiro atoms. The Morgan fingerprint density at radius 2 is 2.07 bits per heavy atom. The van der Waals surface area contributed by atoms with E-state index in [0.29, 0.717) is 6.61 Å². The fourth-order valence-corrected chi connectivity index (χ4v) is 0.905. The molecule has 0 saturated heterocycles. The number of hydrogen-bond acceptors (Lipinski definition) is 3. The largest absolute Gasteiger partial charge is 1.00 e. The molecule has 0 fully saturated rings. The van der Waals surface area contributed by atoms with Gasteiger partial charge in [0.2, 0.25) is 0 Å². The summed E-state index contributed by atoms with van der Waals surface area (Å²) in [5.74, 6) is -1.19. The number of alkyl halides is 1. The summed E-state index contributed by atoms with van der Waals surface area (Å²) in [6, 6.07) is 0. The normalized spacial score (nSPS) is 13.1. The first-order chi connectivity index (χ1) is 5.86. The van der Waals surface area contributed by atoms with Crippen molar-refractivity contribution in [3.8, 4) is 0 Å². The number of carbonyl (C=O) groups excluding carboxylic acids is 1. The Morgan fingerprint density at radius 3 is 2.43 bits per heavy atom. The Morgan fingerprint density at radius 1 is 1.57 bits per heavy atom. The molecule has 1 unspecified atom stereocenters. The summed E-state index contributed by atoms with van der Waals surface area (Å²) >= 11 is 5.71. The maximum Gasteiger partial charge on any atom is 1.00 e. The fraction of sp³-hybridized carbons (Fsp3) is 0.889. The molecule has 1 atom stereocenters. The van der Waals surface area contributed by atoms with Crippen molar-refractivity contribution in [1.82, 2.24) is 0 Å². The molecule has 0 radical (unpaired) electrons. The van der Waals surface area contributed by atoms with Crippen LogP contribution in [0.2, 0.25) is 0 Å². The molecule has 0 aliphatic heterocycles. The van der Waals surface area contributed by atoms with Gasteiger partial charge in [0.25, 0.3) is 0 Å². The van der Waals surface area contributed by atoms with Crippen molar-refractivity contribution in [2.24, 2.45) is 0 Å². The minimum Gasteiger partial charge on any atom is -0.547 e. The van der Waals surface area contributed by atoms with E-state index >= 15 is 0 Å². The van der Waals surface area contributed by atoms with Crippen LogP contribution in [0.25, 0.3) is 0 Å². The van der Waals surface area contributed by atoms with E-state index in [1.54, 1.807) is 0 Å². The summed E-state index contributed by atoms with van der Waals surface area (Å²) in [7, 11) is 0. The van der Waals surface area contributed by atoms with Crippen molar-refractivity contribution in [1.29, 1.82) is 0 Å². The van der Waals surface area contributed by atoms with Gasteiger partial charge in [0.05, 0.1) is 5.97 Å². The average Bonchev–Trinajstić information content (AvgIpc) is 1.97. The van der Waals surface area contributed by atoms with Crippen LogP contribution in [0.1, 0.15) is 33.6 Å². The predicted octanol–water partition coefficient (Wildman–Crippen LogP) is -2.06. The number of rotatable bonds is 6. The Balaban J connectivity index is 0. The van der Waals surface area contributed by atoms with Gasteiger partial charge in [0.1, 0.15) is 5.60 Å². The third kappa shape index (κ3) is 8.06. The van der Waals surface area contributed by atoms with E-state index in [9.17, 15) is 9.90 Å². The number of ether oxygens (including phenoxy) is 1. The zero-order valence-electron chi connectivity index (χ0n) is 9.30. The summed E-state index contributed by atoms with van der Waals surface area (Å²) in [6.07, 6.45) is 1.59. The molecular weight excluding hydrogens is 215 g/mol. The van der Waals surface area contributed by atoms with Crippen molar-refractivity contribution < 1.29 is 44.2 Å². The second-order valence-corrected chi connectivity index (χ2v) is 4.31. The molecule has 0 rings (SSSR count). The van der Waals surface area contributed by atoms with E-state index in [-0.39, 0.29) is 34.9 Å². The third-order valence-electron chi connectivity index (χ3n) is 1.70. The van der Waals surface area contributed by atoms with Gasteiger partial charge in [-0.3, -0.25) is 0 Å². The second kappa shape index (κ2) is 7.94. The van der Waals surface area contributed by atoms with Crippen LogP contribution in [0, 0.1) is 0 Å². The van der Waals surface area contributed by atoms with Gasteiger partial charge in [0, 0.05) is 12.0 Å². The van der Waals surface area contributed by atoms with Crippen molar-refractivity contribution in [3.63, 3.8) is 0 Å². The first-order valence-electron chi connectivity index (χ1n) is 4.35. The van der Waals surface area contributed by atoms with Gasteiger partial charge in [-0.1, -0.05) is 0 Å². The molecule has 0 heterocycles. The first kappa shape index (κ1) is 17.1. The third-order valence-corrected chi connectivity index (χ3v) is 1.92. The van der Waals surface area contributed by atoms with Gasteiger partial charge in [-0.25, -0.2) is 0 Å². The van der Waals surface area contributed by atoms with Crippen LogP contribution < -0.4 is 34.7 Å². The van der Waals surface area contributed by atoms with Gasteiger partial charge in [-0.15, -0.1) is 11.6 Å². The Bertz CT molecular complexity index is 171. The molecular formula is C9H16ClNaO3. The molecule has 0 amide bonds. The van der Waals surface area contributed by atoms with Gasteiger partial charge in [-0.2, -0.15) is 0 Å². The smallest absolute Gasteiger partial charge is 0.547 e. The molecule has 0 aromatic carbocycles. The van der Waals surface area contributed by atoms with E-state index < -0.39 is 11.6 Å². The Kier molecular flexibility index (Phi) is 9.71. The molecule has 3 nitrogen and oxygen atoms in total. The molecule has 0 saturated carbocycles. The van der Waals surface area contributed by atoms with Crippen molar-refractivity contribution in [2.45, 2.75) is 44.6 Å². The molecule has 0 bridgehead atoms. The van der Waals surface area contributed by atoms with E-state index in [4.69, 9.17) is 16.3 Å². The first-order valence-corrected chi connectivity index (χ1v) is 4.79. The Labute approximate surface area is 112 Å². The minimum atomic E-state index is -1.20. The molecule has 0 aromatic rings. The van der Waals surface area contributed by atoms with Crippen molar-refractivity contribution in [3.05, 3.63) is 0 Å². The van der Waals surface area contributed by atoms with Gasteiger partial charge in [-0.05, 0) is 33.6 Å². The quantitative estimate of drug-likeness (QED) is 0.300. The van der Waals surface area contributed by atoms with Crippen molar-refractivity contribution in [2.75, 3.05) is 6.61 Å².